The van der Waals surface area contributed by atoms with E-state index in [0.29, 0.717) is 11.0 Å². The lowest BCUT2D eigenvalue weighted by atomic mass is 10.1. The van der Waals surface area contributed by atoms with Crippen LogP contribution in [-0.2, 0) is 0 Å². The van der Waals surface area contributed by atoms with Gasteiger partial charge >= 0.3 is 0 Å². The normalized spacial score (nSPS) is 14.5. The molecule has 2 heterocycles. The van der Waals surface area contributed by atoms with Crippen molar-refractivity contribution in [3.8, 4) is 6.07 Å². The van der Waals surface area contributed by atoms with Crippen LogP contribution in [0.2, 0.25) is 10.4 Å². The summed E-state index contributed by atoms with van der Waals surface area (Å²) in [4.78, 5) is 10.3. The summed E-state index contributed by atoms with van der Waals surface area (Å²) in [6.07, 6.45) is -1.55. The summed E-state index contributed by atoms with van der Waals surface area (Å²) in [7, 11) is 0. The third-order valence-corrected chi connectivity index (χ3v) is 2.68. The first-order valence-corrected chi connectivity index (χ1v) is 5.26. The van der Waals surface area contributed by atoms with Crippen molar-refractivity contribution in [3.63, 3.8) is 0 Å². The van der Waals surface area contributed by atoms with E-state index >= 15 is 0 Å². The van der Waals surface area contributed by atoms with Crippen molar-refractivity contribution in [1.29, 1.82) is 5.26 Å². The summed E-state index contributed by atoms with van der Waals surface area (Å²) < 4.78 is 0. The van der Waals surface area contributed by atoms with Gasteiger partial charge in [0.2, 0.25) is 5.28 Å². The molecule has 8 heteroatoms. The number of aliphatic hydroxyl groups excluding tert-OH is 2. The fourth-order valence-corrected chi connectivity index (χ4v) is 1.95. The Morgan fingerprint density at radius 3 is 2.71 bits per heavy atom. The first kappa shape index (κ1) is 12.1. The van der Waals surface area contributed by atoms with Crippen LogP contribution in [-0.4, -0.2) is 31.3 Å². The number of rotatable bonds is 2. The molecule has 0 aliphatic heterocycles. The van der Waals surface area contributed by atoms with Crippen LogP contribution in [0, 0.1) is 11.3 Å². The minimum atomic E-state index is -1.55. The van der Waals surface area contributed by atoms with Gasteiger partial charge < -0.3 is 15.2 Å². The zero-order valence-electron chi connectivity index (χ0n) is 8.22. The van der Waals surface area contributed by atoms with Gasteiger partial charge in [0, 0.05) is 11.8 Å². The highest BCUT2D eigenvalue weighted by atomic mass is 35.5. The van der Waals surface area contributed by atoms with Gasteiger partial charge in [0.15, 0.2) is 6.10 Å². The maximum Gasteiger partial charge on any atom is 0.225 e. The van der Waals surface area contributed by atoms with E-state index in [1.807, 2.05) is 0 Å². The van der Waals surface area contributed by atoms with Gasteiger partial charge in [-0.25, -0.2) is 4.98 Å². The van der Waals surface area contributed by atoms with Gasteiger partial charge in [-0.05, 0) is 11.6 Å². The molecule has 2 atom stereocenters. The van der Waals surface area contributed by atoms with Gasteiger partial charge in [-0.2, -0.15) is 10.2 Å². The van der Waals surface area contributed by atoms with E-state index in [1.54, 1.807) is 0 Å². The van der Waals surface area contributed by atoms with Crippen LogP contribution in [0.15, 0.2) is 6.20 Å². The summed E-state index contributed by atoms with van der Waals surface area (Å²) in [5.74, 6) is 0. The van der Waals surface area contributed by atoms with Crippen LogP contribution in [0.4, 0.5) is 0 Å². The Bertz CT molecular complexity index is 607. The van der Waals surface area contributed by atoms with E-state index in [2.05, 4.69) is 15.0 Å². The molecule has 88 valence electrons. The zero-order chi connectivity index (χ0) is 12.6. The quantitative estimate of drug-likeness (QED) is 0.433. The predicted molar refractivity (Wildman–Crippen MR) is 60.5 cm³/mol. The molecule has 0 aromatic carbocycles. The molecule has 0 saturated carbocycles. The largest absolute Gasteiger partial charge is 0.384 e. The SMILES string of the molecule is N#CC(O)C(O)c1c[nH]c2nc(Cl)nc(Cl)c12. The number of H-pyrrole nitrogens is 1. The van der Waals surface area contributed by atoms with Crippen LogP contribution in [0.5, 0.6) is 0 Å². The molecule has 0 fully saturated rings. The van der Waals surface area contributed by atoms with E-state index in [0.717, 1.165) is 0 Å². The molecular weight excluding hydrogens is 267 g/mol. The second kappa shape index (κ2) is 4.47. The number of nitrogens with zero attached hydrogens (tertiary/aromatic N) is 3. The molecular formula is C9H6Cl2N4O2. The van der Waals surface area contributed by atoms with Crippen LogP contribution in [0.1, 0.15) is 11.7 Å². The molecule has 0 aliphatic rings. The Morgan fingerprint density at radius 2 is 2.06 bits per heavy atom. The van der Waals surface area contributed by atoms with Crippen molar-refractivity contribution < 1.29 is 10.2 Å². The number of aromatic amines is 1. The van der Waals surface area contributed by atoms with Crippen LogP contribution >= 0.6 is 23.2 Å². The molecule has 17 heavy (non-hydrogen) atoms. The molecule has 0 bridgehead atoms. The monoisotopic (exact) mass is 272 g/mol. The fraction of sp³-hybridized carbons (Fsp3) is 0.222. The maximum absolute atomic E-state index is 9.73. The zero-order valence-corrected chi connectivity index (χ0v) is 9.74. The van der Waals surface area contributed by atoms with Crippen molar-refractivity contribution >= 4 is 34.2 Å². The molecule has 2 aromatic rings. The van der Waals surface area contributed by atoms with Crippen molar-refractivity contribution in [2.75, 3.05) is 0 Å². The predicted octanol–water partition coefficient (Wildman–Crippen LogP) is 1.18. The Hall–Kier alpha value is -1.39. The standard InChI is InChI=1S/C9H6Cl2N4O2/c10-7-5-3(6(17)4(16)1-12)2-13-8(5)15-9(11)14-7/h2,4,6,16-17H,(H,13,14,15). The van der Waals surface area contributed by atoms with Crippen LogP contribution < -0.4 is 0 Å². The van der Waals surface area contributed by atoms with Gasteiger partial charge in [0.05, 0.1) is 11.5 Å². The van der Waals surface area contributed by atoms with E-state index in [1.165, 1.54) is 12.3 Å². The Kier molecular flexibility index (Phi) is 3.17. The molecule has 0 radical (unpaired) electrons. The Labute approximate surface area is 105 Å². The summed E-state index contributed by atoms with van der Waals surface area (Å²) in [5, 5.41) is 27.9. The molecule has 0 amide bonds. The minimum absolute atomic E-state index is 0.0359. The highest BCUT2D eigenvalue weighted by Crippen LogP contribution is 2.30. The third-order valence-electron chi connectivity index (χ3n) is 2.24. The first-order chi connectivity index (χ1) is 8.04. The minimum Gasteiger partial charge on any atom is -0.384 e. The lowest BCUT2D eigenvalue weighted by Gasteiger charge is -2.10. The van der Waals surface area contributed by atoms with Crippen molar-refractivity contribution in [1.82, 2.24) is 15.0 Å². The first-order valence-electron chi connectivity index (χ1n) is 4.50. The summed E-state index contributed by atoms with van der Waals surface area (Å²) in [6, 6.07) is 1.53. The third kappa shape index (κ3) is 2.06. The lowest BCUT2D eigenvalue weighted by Crippen LogP contribution is -2.15. The molecule has 2 aromatic heterocycles. The lowest BCUT2D eigenvalue weighted by molar-refractivity contribution is 0.0538. The molecule has 6 nitrogen and oxygen atoms in total. The number of aromatic nitrogens is 3. The van der Waals surface area contributed by atoms with E-state index in [9.17, 15) is 10.2 Å². The van der Waals surface area contributed by atoms with Gasteiger partial charge in [-0.3, -0.25) is 0 Å². The number of hydrogen-bond donors (Lipinski definition) is 3. The number of fused-ring (bicyclic) bond motifs is 1. The number of nitriles is 1. The summed E-state index contributed by atoms with van der Waals surface area (Å²) in [6.45, 7) is 0. The topological polar surface area (TPSA) is 106 Å². The van der Waals surface area contributed by atoms with E-state index in [4.69, 9.17) is 28.5 Å². The highest BCUT2D eigenvalue weighted by Gasteiger charge is 2.23. The highest BCUT2D eigenvalue weighted by molar-refractivity contribution is 6.35. The maximum atomic E-state index is 9.73. The van der Waals surface area contributed by atoms with Crippen molar-refractivity contribution in [2.45, 2.75) is 12.2 Å². The van der Waals surface area contributed by atoms with Crippen molar-refractivity contribution in [2.24, 2.45) is 0 Å². The molecule has 2 rings (SSSR count). The van der Waals surface area contributed by atoms with Gasteiger partial charge in [-0.1, -0.05) is 11.6 Å². The summed E-state index contributed by atoms with van der Waals surface area (Å²) in [5.41, 5.74) is 0.574. The fourth-order valence-electron chi connectivity index (χ4n) is 1.46. The second-order valence-electron chi connectivity index (χ2n) is 3.27. The number of nitrogens with one attached hydrogen (secondary N) is 1. The smallest absolute Gasteiger partial charge is 0.225 e. The molecule has 0 saturated heterocycles. The number of aliphatic hydroxyl groups is 2. The Morgan fingerprint density at radius 1 is 1.35 bits per heavy atom. The van der Waals surface area contributed by atoms with Gasteiger partial charge in [0.1, 0.15) is 16.9 Å². The molecule has 2 unspecified atom stereocenters. The van der Waals surface area contributed by atoms with Gasteiger partial charge in [0.25, 0.3) is 0 Å². The second-order valence-corrected chi connectivity index (χ2v) is 3.97. The average molecular weight is 273 g/mol. The number of hydrogen-bond acceptors (Lipinski definition) is 5. The van der Waals surface area contributed by atoms with E-state index < -0.39 is 12.2 Å². The summed E-state index contributed by atoms with van der Waals surface area (Å²) >= 11 is 11.5. The number of halogens is 2. The average Bonchev–Trinajstić information content (AvgIpc) is 2.70. The van der Waals surface area contributed by atoms with Crippen LogP contribution in [0.3, 0.4) is 0 Å². The van der Waals surface area contributed by atoms with Gasteiger partial charge in [-0.15, -0.1) is 0 Å². The molecule has 3 N–H and O–H groups in total. The van der Waals surface area contributed by atoms with Crippen molar-refractivity contribution in [3.05, 3.63) is 22.2 Å². The van der Waals surface area contributed by atoms with Crippen LogP contribution in [0.25, 0.3) is 11.0 Å². The molecule has 0 aliphatic carbocycles. The molecule has 0 spiro atoms. The van der Waals surface area contributed by atoms with E-state index in [-0.39, 0.29) is 16.0 Å². The Balaban J connectivity index is 2.61.